The smallest absolute Gasteiger partial charge is 0.257 e. The zero-order valence-electron chi connectivity index (χ0n) is 12.4. The van der Waals surface area contributed by atoms with Crippen LogP contribution in [-0.2, 0) is 0 Å². The maximum atomic E-state index is 12.1. The van der Waals surface area contributed by atoms with Gasteiger partial charge in [0.1, 0.15) is 5.75 Å². The van der Waals surface area contributed by atoms with Gasteiger partial charge in [0.2, 0.25) is 0 Å². The van der Waals surface area contributed by atoms with Crippen molar-refractivity contribution in [3.05, 3.63) is 28.2 Å². The molecule has 0 heterocycles. The van der Waals surface area contributed by atoms with Gasteiger partial charge in [-0.05, 0) is 59.2 Å². The van der Waals surface area contributed by atoms with Gasteiger partial charge in [-0.2, -0.15) is 0 Å². The minimum absolute atomic E-state index is 0.230. The summed E-state index contributed by atoms with van der Waals surface area (Å²) in [6.45, 7) is 5.56. The Morgan fingerprint density at radius 3 is 2.71 bits per heavy atom. The van der Waals surface area contributed by atoms with Crippen LogP contribution in [0, 0.1) is 0 Å². The summed E-state index contributed by atoms with van der Waals surface area (Å²) in [5, 5.41) is 6.02. The largest absolute Gasteiger partial charge is 0.492 e. The Balaban J connectivity index is 2.58. The number of halogens is 1. The molecule has 6 heteroatoms. The molecular weight excluding hydrogens is 352 g/mol. The summed E-state index contributed by atoms with van der Waals surface area (Å²) in [6, 6.07) is 5.23. The number of carbonyl (C=O) groups excluding carboxylic acids is 1. The van der Waals surface area contributed by atoms with Crippen molar-refractivity contribution in [1.82, 2.24) is 10.6 Å². The van der Waals surface area contributed by atoms with Crippen LogP contribution >= 0.6 is 28.1 Å². The van der Waals surface area contributed by atoms with Crippen LogP contribution in [0.3, 0.4) is 0 Å². The van der Waals surface area contributed by atoms with Gasteiger partial charge in [0, 0.05) is 12.1 Å². The molecular formula is C15H21BrN2O2S. The first kappa shape index (κ1) is 17.9. The summed E-state index contributed by atoms with van der Waals surface area (Å²) >= 11 is 8.49. The van der Waals surface area contributed by atoms with Gasteiger partial charge in [-0.3, -0.25) is 10.1 Å². The molecule has 0 aliphatic carbocycles. The average Bonchev–Trinajstić information content (AvgIpc) is 2.46. The van der Waals surface area contributed by atoms with Gasteiger partial charge >= 0.3 is 0 Å². The van der Waals surface area contributed by atoms with Crippen molar-refractivity contribution < 1.29 is 9.53 Å². The van der Waals surface area contributed by atoms with Gasteiger partial charge < -0.3 is 10.1 Å². The second kappa shape index (κ2) is 9.73. The van der Waals surface area contributed by atoms with Crippen molar-refractivity contribution in [2.75, 3.05) is 13.2 Å². The van der Waals surface area contributed by atoms with E-state index in [1.54, 1.807) is 18.2 Å². The Hall–Kier alpha value is -1.14. The van der Waals surface area contributed by atoms with Crippen molar-refractivity contribution in [2.45, 2.75) is 33.1 Å². The molecule has 1 rings (SSSR count). The summed E-state index contributed by atoms with van der Waals surface area (Å²) in [6.07, 6.45) is 3.03. The van der Waals surface area contributed by atoms with E-state index in [0.717, 1.165) is 36.0 Å². The monoisotopic (exact) mass is 372 g/mol. The molecule has 4 nitrogen and oxygen atoms in total. The van der Waals surface area contributed by atoms with E-state index in [1.807, 2.05) is 6.92 Å². The Labute approximate surface area is 139 Å². The van der Waals surface area contributed by atoms with Gasteiger partial charge in [-0.25, -0.2) is 0 Å². The van der Waals surface area contributed by atoms with E-state index < -0.39 is 0 Å². The number of hydrogen-bond acceptors (Lipinski definition) is 3. The molecule has 116 valence electrons. The number of unbranched alkanes of at least 4 members (excludes halogenated alkanes) is 1. The SMILES string of the molecule is CCCCNC(=S)NC(=O)c1ccc(OCCC)c(Br)c1. The molecule has 0 bridgehead atoms. The minimum atomic E-state index is -0.230. The normalized spacial score (nSPS) is 10.0. The topological polar surface area (TPSA) is 50.4 Å². The summed E-state index contributed by atoms with van der Waals surface area (Å²) in [5.41, 5.74) is 0.533. The van der Waals surface area contributed by atoms with Crippen LogP contribution < -0.4 is 15.4 Å². The lowest BCUT2D eigenvalue weighted by Gasteiger charge is -2.11. The molecule has 0 saturated carbocycles. The van der Waals surface area contributed by atoms with Crippen LogP contribution in [-0.4, -0.2) is 24.2 Å². The highest BCUT2D eigenvalue weighted by Gasteiger charge is 2.10. The van der Waals surface area contributed by atoms with Gasteiger partial charge in [-0.1, -0.05) is 20.3 Å². The van der Waals surface area contributed by atoms with Gasteiger partial charge in [-0.15, -0.1) is 0 Å². The number of thiocarbonyl (C=S) groups is 1. The van der Waals surface area contributed by atoms with Crippen molar-refractivity contribution >= 4 is 39.2 Å². The molecule has 0 saturated heterocycles. The zero-order chi connectivity index (χ0) is 15.7. The zero-order valence-corrected chi connectivity index (χ0v) is 14.8. The quantitative estimate of drug-likeness (QED) is 0.566. The van der Waals surface area contributed by atoms with Crippen LogP contribution in [0.4, 0.5) is 0 Å². The Bertz CT molecular complexity index is 495. The fraction of sp³-hybridized carbons (Fsp3) is 0.467. The second-order valence-electron chi connectivity index (χ2n) is 4.56. The van der Waals surface area contributed by atoms with E-state index in [-0.39, 0.29) is 5.91 Å². The van der Waals surface area contributed by atoms with E-state index in [4.69, 9.17) is 17.0 Å². The summed E-state index contributed by atoms with van der Waals surface area (Å²) in [5.74, 6) is 0.504. The molecule has 0 unspecified atom stereocenters. The minimum Gasteiger partial charge on any atom is -0.492 e. The van der Waals surface area contributed by atoms with E-state index >= 15 is 0 Å². The molecule has 0 spiro atoms. The first-order chi connectivity index (χ1) is 10.1. The van der Waals surface area contributed by atoms with Crippen molar-refractivity contribution in [2.24, 2.45) is 0 Å². The van der Waals surface area contributed by atoms with Gasteiger partial charge in [0.25, 0.3) is 5.91 Å². The number of benzene rings is 1. The third-order valence-corrected chi connectivity index (χ3v) is 3.56. The molecule has 0 aliphatic heterocycles. The fourth-order valence-electron chi connectivity index (χ4n) is 1.57. The van der Waals surface area contributed by atoms with Crippen LogP contribution in [0.2, 0.25) is 0 Å². The number of rotatable bonds is 7. The number of ether oxygens (including phenoxy) is 1. The van der Waals surface area contributed by atoms with Crippen LogP contribution in [0.1, 0.15) is 43.5 Å². The maximum absolute atomic E-state index is 12.1. The Morgan fingerprint density at radius 1 is 1.33 bits per heavy atom. The predicted molar refractivity (Wildman–Crippen MR) is 92.9 cm³/mol. The lowest BCUT2D eigenvalue weighted by atomic mass is 10.2. The van der Waals surface area contributed by atoms with Crippen LogP contribution in [0.5, 0.6) is 5.75 Å². The highest BCUT2D eigenvalue weighted by atomic mass is 79.9. The Morgan fingerprint density at radius 2 is 2.10 bits per heavy atom. The number of hydrogen-bond donors (Lipinski definition) is 2. The molecule has 0 aliphatic rings. The van der Waals surface area contributed by atoms with E-state index in [1.165, 1.54) is 0 Å². The molecule has 1 aromatic carbocycles. The van der Waals surface area contributed by atoms with Crippen molar-refractivity contribution in [1.29, 1.82) is 0 Å². The highest BCUT2D eigenvalue weighted by Crippen LogP contribution is 2.26. The first-order valence-corrected chi connectivity index (χ1v) is 8.30. The molecule has 0 fully saturated rings. The van der Waals surface area contributed by atoms with Gasteiger partial charge in [0.15, 0.2) is 5.11 Å². The summed E-state index contributed by atoms with van der Waals surface area (Å²) < 4.78 is 6.31. The molecule has 21 heavy (non-hydrogen) atoms. The third kappa shape index (κ3) is 6.44. The average molecular weight is 373 g/mol. The Kier molecular flexibility index (Phi) is 8.30. The van der Waals surface area contributed by atoms with Crippen LogP contribution in [0.25, 0.3) is 0 Å². The van der Waals surface area contributed by atoms with Crippen molar-refractivity contribution in [3.63, 3.8) is 0 Å². The lowest BCUT2D eigenvalue weighted by Crippen LogP contribution is -2.39. The predicted octanol–water partition coefficient (Wildman–Crippen LogP) is 3.64. The summed E-state index contributed by atoms with van der Waals surface area (Å²) in [4.78, 5) is 12.1. The highest BCUT2D eigenvalue weighted by molar-refractivity contribution is 9.10. The molecule has 0 atom stereocenters. The molecule has 2 N–H and O–H groups in total. The van der Waals surface area contributed by atoms with Gasteiger partial charge in [0.05, 0.1) is 11.1 Å². The van der Waals surface area contributed by atoms with E-state index in [9.17, 15) is 4.79 Å². The molecule has 1 amide bonds. The standard InChI is InChI=1S/C15H21BrN2O2S/c1-3-5-8-17-15(21)18-14(19)11-6-7-13(12(16)10-11)20-9-4-2/h6-7,10H,3-5,8-9H2,1-2H3,(H2,17,18,19,21). The number of nitrogens with one attached hydrogen (secondary N) is 2. The van der Waals surface area contributed by atoms with E-state index in [0.29, 0.717) is 17.3 Å². The fourth-order valence-corrected chi connectivity index (χ4v) is 2.26. The first-order valence-electron chi connectivity index (χ1n) is 7.10. The molecule has 0 radical (unpaired) electrons. The van der Waals surface area contributed by atoms with E-state index in [2.05, 4.69) is 33.5 Å². The molecule has 0 aromatic heterocycles. The maximum Gasteiger partial charge on any atom is 0.257 e. The lowest BCUT2D eigenvalue weighted by molar-refractivity contribution is 0.0976. The third-order valence-electron chi connectivity index (χ3n) is 2.70. The number of carbonyl (C=O) groups is 1. The second-order valence-corrected chi connectivity index (χ2v) is 5.82. The van der Waals surface area contributed by atoms with Crippen LogP contribution in [0.15, 0.2) is 22.7 Å². The molecule has 1 aromatic rings. The number of amides is 1. The summed E-state index contributed by atoms with van der Waals surface area (Å²) in [7, 11) is 0. The van der Waals surface area contributed by atoms with Crippen molar-refractivity contribution in [3.8, 4) is 5.75 Å².